The van der Waals surface area contributed by atoms with Crippen molar-refractivity contribution < 1.29 is 23.8 Å². The minimum Gasteiger partial charge on any atom is -0.489 e. The van der Waals surface area contributed by atoms with Gasteiger partial charge in [-0.25, -0.2) is 4.79 Å². The summed E-state index contributed by atoms with van der Waals surface area (Å²) in [7, 11) is 1.32. The molecular formula is C22H25NO5. The van der Waals surface area contributed by atoms with Crippen molar-refractivity contribution in [3.8, 4) is 5.75 Å². The van der Waals surface area contributed by atoms with Crippen LogP contribution in [0.4, 0.5) is 0 Å². The van der Waals surface area contributed by atoms with E-state index in [0.29, 0.717) is 32.7 Å². The lowest BCUT2D eigenvalue weighted by Crippen LogP contribution is -2.45. The molecular weight excluding hydrogens is 358 g/mol. The third kappa shape index (κ3) is 5.57. The lowest BCUT2D eigenvalue weighted by Gasteiger charge is -2.18. The molecule has 1 saturated heterocycles. The van der Waals surface area contributed by atoms with Gasteiger partial charge in [0.25, 0.3) is 0 Å². The molecule has 1 amide bonds. The van der Waals surface area contributed by atoms with Crippen molar-refractivity contribution in [3.63, 3.8) is 0 Å². The molecule has 0 aromatic heterocycles. The molecule has 1 aliphatic heterocycles. The first kappa shape index (κ1) is 19.9. The van der Waals surface area contributed by atoms with E-state index in [4.69, 9.17) is 14.2 Å². The molecule has 0 unspecified atom stereocenters. The molecule has 28 heavy (non-hydrogen) atoms. The number of carbonyl (C=O) groups excluding carboxylic acids is 2. The molecule has 0 spiro atoms. The van der Waals surface area contributed by atoms with E-state index in [1.165, 1.54) is 7.11 Å². The predicted molar refractivity (Wildman–Crippen MR) is 104 cm³/mol. The fourth-order valence-corrected chi connectivity index (χ4v) is 3.06. The highest BCUT2D eigenvalue weighted by Gasteiger charge is 2.28. The van der Waals surface area contributed by atoms with Crippen molar-refractivity contribution in [2.75, 3.05) is 20.3 Å². The number of nitrogens with one attached hydrogen (secondary N) is 1. The second-order valence-electron chi connectivity index (χ2n) is 6.77. The van der Waals surface area contributed by atoms with Gasteiger partial charge in [-0.2, -0.15) is 0 Å². The van der Waals surface area contributed by atoms with Crippen LogP contribution in [0.3, 0.4) is 0 Å². The van der Waals surface area contributed by atoms with E-state index in [9.17, 15) is 9.59 Å². The standard InChI is InChI=1S/C22H25NO5/c1-26-22(25)20(23-21(24)18-11-12-27-15-18)13-16-7-9-19(10-8-16)28-14-17-5-3-2-4-6-17/h2-10,18,20H,11-15H2,1H3,(H,23,24)/t18-,20-/m1/s1. The van der Waals surface area contributed by atoms with Crippen LogP contribution in [0, 0.1) is 5.92 Å². The Morgan fingerprint density at radius 3 is 2.50 bits per heavy atom. The normalized spacial score (nSPS) is 17.0. The Labute approximate surface area is 164 Å². The maximum Gasteiger partial charge on any atom is 0.328 e. The summed E-state index contributed by atoms with van der Waals surface area (Å²) in [5.41, 5.74) is 2.00. The first-order valence-electron chi connectivity index (χ1n) is 9.37. The molecule has 1 fully saturated rings. The maximum absolute atomic E-state index is 12.3. The van der Waals surface area contributed by atoms with Crippen LogP contribution < -0.4 is 10.1 Å². The molecule has 0 saturated carbocycles. The summed E-state index contributed by atoms with van der Waals surface area (Å²) in [6.07, 6.45) is 1.03. The third-order valence-corrected chi connectivity index (χ3v) is 4.71. The van der Waals surface area contributed by atoms with Gasteiger partial charge in [-0.1, -0.05) is 42.5 Å². The molecule has 0 bridgehead atoms. The van der Waals surface area contributed by atoms with Gasteiger partial charge in [0.2, 0.25) is 5.91 Å². The van der Waals surface area contributed by atoms with Crippen LogP contribution >= 0.6 is 0 Å². The number of carbonyl (C=O) groups is 2. The van der Waals surface area contributed by atoms with Gasteiger partial charge in [-0.15, -0.1) is 0 Å². The molecule has 1 aliphatic rings. The van der Waals surface area contributed by atoms with Crippen LogP contribution in [-0.2, 0) is 32.1 Å². The van der Waals surface area contributed by atoms with Crippen LogP contribution in [0.5, 0.6) is 5.75 Å². The minimum absolute atomic E-state index is 0.171. The van der Waals surface area contributed by atoms with E-state index in [1.54, 1.807) is 0 Å². The van der Waals surface area contributed by atoms with Crippen LogP contribution in [0.15, 0.2) is 54.6 Å². The fourth-order valence-electron chi connectivity index (χ4n) is 3.06. The number of benzene rings is 2. The molecule has 0 aliphatic carbocycles. The second-order valence-corrected chi connectivity index (χ2v) is 6.77. The van der Waals surface area contributed by atoms with E-state index in [0.717, 1.165) is 16.9 Å². The molecule has 2 aromatic rings. The van der Waals surface area contributed by atoms with Gasteiger partial charge in [0.05, 0.1) is 19.6 Å². The van der Waals surface area contributed by atoms with E-state index in [1.807, 2.05) is 54.6 Å². The zero-order valence-electron chi connectivity index (χ0n) is 15.9. The van der Waals surface area contributed by atoms with E-state index < -0.39 is 12.0 Å². The Bertz CT molecular complexity index is 769. The maximum atomic E-state index is 12.3. The molecule has 1 heterocycles. The minimum atomic E-state index is -0.728. The molecule has 148 valence electrons. The monoisotopic (exact) mass is 383 g/mol. The molecule has 2 atom stereocenters. The lowest BCUT2D eigenvalue weighted by molar-refractivity contribution is -0.145. The average molecular weight is 383 g/mol. The highest BCUT2D eigenvalue weighted by atomic mass is 16.5. The molecule has 6 nitrogen and oxygen atoms in total. The summed E-state index contributed by atoms with van der Waals surface area (Å²) in [5, 5.41) is 2.79. The largest absolute Gasteiger partial charge is 0.489 e. The van der Waals surface area contributed by atoms with Crippen LogP contribution in [0.1, 0.15) is 17.5 Å². The van der Waals surface area contributed by atoms with Gasteiger partial charge >= 0.3 is 5.97 Å². The van der Waals surface area contributed by atoms with Crippen molar-refractivity contribution in [1.29, 1.82) is 0 Å². The second kappa shape index (κ2) is 9.90. The molecule has 1 N–H and O–H groups in total. The van der Waals surface area contributed by atoms with Gasteiger partial charge in [0.1, 0.15) is 18.4 Å². The number of hydrogen-bond donors (Lipinski definition) is 1. The highest BCUT2D eigenvalue weighted by Crippen LogP contribution is 2.17. The van der Waals surface area contributed by atoms with E-state index in [2.05, 4.69) is 5.32 Å². The van der Waals surface area contributed by atoms with E-state index in [-0.39, 0.29) is 11.8 Å². The fraction of sp³-hybridized carbons (Fsp3) is 0.364. The topological polar surface area (TPSA) is 73.9 Å². The van der Waals surface area contributed by atoms with Crippen LogP contribution in [-0.4, -0.2) is 38.2 Å². The first-order valence-corrected chi connectivity index (χ1v) is 9.37. The Morgan fingerprint density at radius 1 is 1.11 bits per heavy atom. The van der Waals surface area contributed by atoms with Crippen molar-refractivity contribution in [2.24, 2.45) is 5.92 Å². The number of hydrogen-bond acceptors (Lipinski definition) is 5. The van der Waals surface area contributed by atoms with Gasteiger partial charge in [0.15, 0.2) is 0 Å². The average Bonchev–Trinajstić information content (AvgIpc) is 3.28. The Balaban J connectivity index is 1.57. The smallest absolute Gasteiger partial charge is 0.328 e. The summed E-state index contributed by atoms with van der Waals surface area (Å²) >= 11 is 0. The van der Waals surface area contributed by atoms with Crippen molar-refractivity contribution in [1.82, 2.24) is 5.32 Å². The predicted octanol–water partition coefficient (Wildman–Crippen LogP) is 2.50. The summed E-state index contributed by atoms with van der Waals surface area (Å²) < 4.78 is 15.9. The third-order valence-electron chi connectivity index (χ3n) is 4.71. The number of ether oxygens (including phenoxy) is 3. The number of esters is 1. The van der Waals surface area contributed by atoms with Gasteiger partial charge in [0, 0.05) is 13.0 Å². The van der Waals surface area contributed by atoms with Gasteiger partial charge in [-0.05, 0) is 29.7 Å². The quantitative estimate of drug-likeness (QED) is 0.709. The lowest BCUT2D eigenvalue weighted by atomic mass is 10.0. The van der Waals surface area contributed by atoms with Crippen LogP contribution in [0.25, 0.3) is 0 Å². The van der Waals surface area contributed by atoms with Crippen molar-refractivity contribution in [2.45, 2.75) is 25.5 Å². The number of methoxy groups -OCH3 is 1. The zero-order valence-corrected chi connectivity index (χ0v) is 15.9. The summed E-state index contributed by atoms with van der Waals surface area (Å²) in [5.74, 6) is -0.0948. The van der Waals surface area contributed by atoms with E-state index >= 15 is 0 Å². The van der Waals surface area contributed by atoms with Gasteiger partial charge < -0.3 is 19.5 Å². The SMILES string of the molecule is COC(=O)[C@@H](Cc1ccc(OCc2ccccc2)cc1)NC(=O)[C@@H]1CCOC1. The Hall–Kier alpha value is -2.86. The van der Waals surface area contributed by atoms with Crippen molar-refractivity contribution in [3.05, 3.63) is 65.7 Å². The summed E-state index contributed by atoms with van der Waals surface area (Å²) in [6.45, 7) is 1.46. The number of rotatable bonds is 8. The van der Waals surface area contributed by atoms with Crippen molar-refractivity contribution >= 4 is 11.9 Å². The highest BCUT2D eigenvalue weighted by molar-refractivity contribution is 5.86. The Kier molecular flexibility index (Phi) is 7.03. The summed E-state index contributed by atoms with van der Waals surface area (Å²) in [6, 6.07) is 16.7. The molecule has 0 radical (unpaired) electrons. The van der Waals surface area contributed by atoms with Crippen LogP contribution in [0.2, 0.25) is 0 Å². The number of amides is 1. The molecule has 6 heteroatoms. The zero-order chi connectivity index (χ0) is 19.8. The Morgan fingerprint density at radius 2 is 1.86 bits per heavy atom. The first-order chi connectivity index (χ1) is 13.7. The van der Waals surface area contributed by atoms with Gasteiger partial charge in [-0.3, -0.25) is 4.79 Å². The molecule has 2 aromatic carbocycles. The summed E-state index contributed by atoms with van der Waals surface area (Å²) in [4.78, 5) is 24.4. The molecule has 3 rings (SSSR count).